The maximum atomic E-state index is 11.9. The zero-order valence-electron chi connectivity index (χ0n) is 16.9. The van der Waals surface area contributed by atoms with Gasteiger partial charge in [-0.25, -0.2) is 8.42 Å². The third kappa shape index (κ3) is 7.75. The first-order chi connectivity index (χ1) is 13.3. The van der Waals surface area contributed by atoms with E-state index in [2.05, 4.69) is 17.3 Å². The largest absolute Gasteiger partial charge is 0.492 e. The van der Waals surface area contributed by atoms with E-state index in [0.29, 0.717) is 19.2 Å². The second kappa shape index (κ2) is 10.8. The summed E-state index contributed by atoms with van der Waals surface area (Å²) in [6.07, 6.45) is 3.18. The summed E-state index contributed by atoms with van der Waals surface area (Å²) in [5, 5.41) is 2.73. The molecule has 0 unspecified atom stereocenters. The van der Waals surface area contributed by atoms with Gasteiger partial charge in [-0.15, -0.1) is 0 Å². The first-order valence-corrected chi connectivity index (χ1v) is 11.3. The van der Waals surface area contributed by atoms with E-state index >= 15 is 0 Å². The third-order valence-corrected chi connectivity index (χ3v) is 6.11. The molecule has 1 saturated heterocycles. The van der Waals surface area contributed by atoms with Crippen LogP contribution >= 0.6 is 0 Å². The van der Waals surface area contributed by atoms with Crippen molar-refractivity contribution in [3.05, 3.63) is 29.8 Å². The van der Waals surface area contributed by atoms with Gasteiger partial charge in [0, 0.05) is 39.4 Å². The topological polar surface area (TPSA) is 88.2 Å². The number of carbonyl (C=O) groups is 1. The van der Waals surface area contributed by atoms with E-state index < -0.39 is 10.0 Å². The Kier molecular flexibility index (Phi) is 8.68. The van der Waals surface area contributed by atoms with Gasteiger partial charge in [-0.3, -0.25) is 9.69 Å². The molecule has 1 N–H and O–H groups in total. The van der Waals surface area contributed by atoms with Gasteiger partial charge in [0.25, 0.3) is 0 Å². The molecule has 0 aliphatic carbocycles. The van der Waals surface area contributed by atoms with E-state index in [9.17, 15) is 13.2 Å². The second-order valence-electron chi connectivity index (χ2n) is 7.12. The van der Waals surface area contributed by atoms with Crippen molar-refractivity contribution in [2.24, 2.45) is 0 Å². The van der Waals surface area contributed by atoms with Crippen LogP contribution in [0.4, 0.5) is 0 Å². The lowest BCUT2D eigenvalue weighted by Gasteiger charge is -2.31. The number of ether oxygens (including phenoxy) is 2. The highest BCUT2D eigenvalue weighted by molar-refractivity contribution is 7.88. The molecular formula is C19H31N3O5S. The van der Waals surface area contributed by atoms with E-state index in [0.717, 1.165) is 54.5 Å². The Morgan fingerprint density at radius 3 is 2.68 bits per heavy atom. The Morgan fingerprint density at radius 2 is 2.00 bits per heavy atom. The number of nitrogens with zero attached hydrogens (tertiary/aromatic N) is 2. The fourth-order valence-corrected chi connectivity index (χ4v) is 3.29. The van der Waals surface area contributed by atoms with Gasteiger partial charge >= 0.3 is 0 Å². The number of carbonyl (C=O) groups excluding carboxylic acids is 1. The van der Waals surface area contributed by atoms with E-state index in [1.165, 1.54) is 7.05 Å². The number of nitrogens with one attached hydrogen (secondary N) is 1. The molecule has 0 bridgehead atoms. The van der Waals surface area contributed by atoms with Gasteiger partial charge in [-0.1, -0.05) is 12.1 Å². The van der Waals surface area contributed by atoms with Crippen molar-refractivity contribution in [1.29, 1.82) is 0 Å². The van der Waals surface area contributed by atoms with Crippen molar-refractivity contribution in [2.45, 2.75) is 25.4 Å². The average molecular weight is 414 g/mol. The van der Waals surface area contributed by atoms with Crippen LogP contribution in [0.2, 0.25) is 0 Å². The van der Waals surface area contributed by atoms with Crippen molar-refractivity contribution in [3.63, 3.8) is 0 Å². The highest BCUT2D eigenvalue weighted by atomic mass is 32.2. The van der Waals surface area contributed by atoms with Gasteiger partial charge in [0.15, 0.2) is 0 Å². The molecule has 8 nitrogen and oxygen atoms in total. The molecule has 0 spiro atoms. The van der Waals surface area contributed by atoms with Gasteiger partial charge in [0.05, 0.1) is 12.8 Å². The Bertz CT molecular complexity index is 735. The standard InChI is InChI=1S/C19H31N3O5S/c1-21(17-7-10-26-11-8-17)9-12-27-18-6-4-5-16(13-18)14-20-19(23)15-22(2)28(3,24)25/h4-6,13,17H,7-12,14-15H2,1-3H3,(H,20,23). The molecule has 28 heavy (non-hydrogen) atoms. The van der Waals surface area contributed by atoms with Crippen molar-refractivity contribution >= 4 is 15.9 Å². The van der Waals surface area contributed by atoms with Crippen LogP contribution in [0.5, 0.6) is 5.75 Å². The minimum absolute atomic E-state index is 0.201. The predicted molar refractivity (Wildman–Crippen MR) is 108 cm³/mol. The van der Waals surface area contributed by atoms with Crippen molar-refractivity contribution in [3.8, 4) is 5.75 Å². The summed E-state index contributed by atoms with van der Waals surface area (Å²) >= 11 is 0. The minimum Gasteiger partial charge on any atom is -0.492 e. The number of sulfonamides is 1. The average Bonchev–Trinajstić information content (AvgIpc) is 2.66. The SMILES string of the molecule is CN(CCOc1cccc(CNC(=O)CN(C)S(C)(=O)=O)c1)C1CCOCC1. The molecule has 1 aliphatic heterocycles. The van der Waals surface area contributed by atoms with Crippen LogP contribution in [0.15, 0.2) is 24.3 Å². The number of amides is 1. The van der Waals surface area contributed by atoms with Crippen LogP contribution in [0.1, 0.15) is 18.4 Å². The monoisotopic (exact) mass is 413 g/mol. The number of hydrogen-bond acceptors (Lipinski definition) is 6. The van der Waals surface area contributed by atoms with Crippen molar-refractivity contribution < 1.29 is 22.7 Å². The Hall–Kier alpha value is -1.68. The van der Waals surface area contributed by atoms with Gasteiger partial charge in [-0.2, -0.15) is 4.31 Å². The molecule has 1 fully saturated rings. The minimum atomic E-state index is -3.37. The fourth-order valence-electron chi connectivity index (χ4n) is 2.94. The van der Waals surface area contributed by atoms with E-state index in [4.69, 9.17) is 9.47 Å². The molecule has 0 atom stereocenters. The zero-order valence-corrected chi connectivity index (χ0v) is 17.7. The number of rotatable bonds is 10. The molecule has 0 saturated carbocycles. The van der Waals surface area contributed by atoms with Crippen LogP contribution < -0.4 is 10.1 Å². The Morgan fingerprint density at radius 1 is 1.29 bits per heavy atom. The third-order valence-electron chi connectivity index (χ3n) is 4.85. The summed E-state index contributed by atoms with van der Waals surface area (Å²) in [6.45, 7) is 3.18. The molecule has 0 aromatic heterocycles. The van der Waals surface area contributed by atoms with Gasteiger partial charge < -0.3 is 14.8 Å². The Balaban J connectivity index is 1.74. The lowest BCUT2D eigenvalue weighted by molar-refractivity contribution is -0.121. The molecule has 1 aliphatic rings. The smallest absolute Gasteiger partial charge is 0.235 e. The van der Waals surface area contributed by atoms with E-state index in [-0.39, 0.29) is 12.5 Å². The van der Waals surface area contributed by atoms with E-state index in [1.54, 1.807) is 0 Å². The molecule has 1 aromatic carbocycles. The molecule has 1 aromatic rings. The van der Waals surface area contributed by atoms with Gasteiger partial charge in [-0.05, 0) is 37.6 Å². The molecule has 158 valence electrons. The number of likely N-dealkylation sites (N-methyl/N-ethyl adjacent to an activating group) is 2. The van der Waals surface area contributed by atoms with Crippen molar-refractivity contribution in [1.82, 2.24) is 14.5 Å². The maximum absolute atomic E-state index is 11.9. The molecule has 1 heterocycles. The summed E-state index contributed by atoms with van der Waals surface area (Å²) < 4.78 is 35.0. The normalized spacial score (nSPS) is 15.8. The quantitative estimate of drug-likeness (QED) is 0.607. The molecule has 1 amide bonds. The Labute approximate surface area is 167 Å². The van der Waals surface area contributed by atoms with Crippen LogP contribution in [0.25, 0.3) is 0 Å². The summed E-state index contributed by atoms with van der Waals surface area (Å²) in [6, 6.07) is 8.08. The van der Waals surface area contributed by atoms with Crippen LogP contribution in [-0.4, -0.2) is 82.8 Å². The first-order valence-electron chi connectivity index (χ1n) is 9.43. The highest BCUT2D eigenvalue weighted by Crippen LogP contribution is 2.15. The van der Waals surface area contributed by atoms with Gasteiger partial charge in [0.2, 0.25) is 15.9 Å². The number of benzene rings is 1. The summed E-state index contributed by atoms with van der Waals surface area (Å²) in [5.74, 6) is 0.401. The predicted octanol–water partition coefficient (Wildman–Crippen LogP) is 0.684. The second-order valence-corrected chi connectivity index (χ2v) is 9.21. The van der Waals surface area contributed by atoms with Crippen LogP contribution in [0.3, 0.4) is 0 Å². The first kappa shape index (κ1) is 22.6. The lowest BCUT2D eigenvalue weighted by Crippen LogP contribution is -2.38. The molecule has 9 heteroatoms. The lowest BCUT2D eigenvalue weighted by atomic mass is 10.1. The molecular weight excluding hydrogens is 382 g/mol. The maximum Gasteiger partial charge on any atom is 0.235 e. The van der Waals surface area contributed by atoms with E-state index in [1.807, 2.05) is 24.3 Å². The summed E-state index contributed by atoms with van der Waals surface area (Å²) in [7, 11) is 0.114. The summed E-state index contributed by atoms with van der Waals surface area (Å²) in [5.41, 5.74) is 0.894. The number of hydrogen-bond donors (Lipinski definition) is 1. The summed E-state index contributed by atoms with van der Waals surface area (Å²) in [4.78, 5) is 14.2. The zero-order chi connectivity index (χ0) is 20.6. The van der Waals surface area contributed by atoms with Crippen molar-refractivity contribution in [2.75, 3.05) is 53.3 Å². The highest BCUT2D eigenvalue weighted by Gasteiger charge is 2.18. The molecule has 2 rings (SSSR count). The van der Waals surface area contributed by atoms with Crippen LogP contribution in [-0.2, 0) is 26.1 Å². The fraction of sp³-hybridized carbons (Fsp3) is 0.632. The van der Waals surface area contributed by atoms with Crippen LogP contribution in [0, 0.1) is 0 Å². The molecule has 0 radical (unpaired) electrons. The van der Waals surface area contributed by atoms with Gasteiger partial charge in [0.1, 0.15) is 12.4 Å².